The van der Waals surface area contributed by atoms with Crippen LogP contribution in [0.1, 0.15) is 31.7 Å². The van der Waals surface area contributed by atoms with Gasteiger partial charge in [0.1, 0.15) is 12.4 Å². The van der Waals surface area contributed by atoms with Crippen molar-refractivity contribution in [3.63, 3.8) is 0 Å². The second-order valence-electron chi connectivity index (χ2n) is 9.08. The molecule has 190 valence electrons. The van der Waals surface area contributed by atoms with E-state index in [4.69, 9.17) is 9.47 Å². The molecule has 0 bridgehead atoms. The van der Waals surface area contributed by atoms with Crippen molar-refractivity contribution >= 4 is 21.6 Å². The van der Waals surface area contributed by atoms with Crippen LogP contribution in [-0.4, -0.2) is 67.0 Å². The van der Waals surface area contributed by atoms with Crippen molar-refractivity contribution in [3.8, 4) is 11.6 Å². The molecule has 1 unspecified atom stereocenters. The summed E-state index contributed by atoms with van der Waals surface area (Å²) in [5, 5.41) is 0. The van der Waals surface area contributed by atoms with Gasteiger partial charge in [-0.2, -0.15) is 4.98 Å². The van der Waals surface area contributed by atoms with Crippen molar-refractivity contribution < 1.29 is 17.9 Å². The van der Waals surface area contributed by atoms with Crippen LogP contribution in [0.3, 0.4) is 0 Å². The first-order valence-corrected chi connectivity index (χ1v) is 14.0. The van der Waals surface area contributed by atoms with E-state index >= 15 is 0 Å². The maximum atomic E-state index is 12.0. The summed E-state index contributed by atoms with van der Waals surface area (Å²) >= 11 is 0. The summed E-state index contributed by atoms with van der Waals surface area (Å²) in [6, 6.07) is -0.0607. The van der Waals surface area contributed by atoms with Crippen molar-refractivity contribution in [3.05, 3.63) is 59.2 Å². The van der Waals surface area contributed by atoms with E-state index in [2.05, 4.69) is 31.8 Å². The minimum absolute atomic E-state index is 0.0210. The third kappa shape index (κ3) is 4.79. The quantitative estimate of drug-likeness (QED) is 0.551. The van der Waals surface area contributed by atoms with Crippen LogP contribution in [0.4, 0.5) is 11.8 Å². The van der Waals surface area contributed by atoms with E-state index in [1.807, 2.05) is 29.6 Å². The van der Waals surface area contributed by atoms with E-state index in [0.29, 0.717) is 28.8 Å². The number of ether oxygens (including phenoxy) is 2. The third-order valence-electron chi connectivity index (χ3n) is 6.73. The second-order valence-corrected chi connectivity index (χ2v) is 11.1. The number of rotatable bonds is 7. The highest BCUT2D eigenvalue weighted by atomic mass is 32.2. The van der Waals surface area contributed by atoms with Gasteiger partial charge < -0.3 is 19.3 Å². The Labute approximate surface area is 211 Å². The van der Waals surface area contributed by atoms with Crippen molar-refractivity contribution in [1.82, 2.24) is 19.9 Å². The Balaban J connectivity index is 1.28. The minimum atomic E-state index is -3.26. The molecule has 2 aromatic rings. The van der Waals surface area contributed by atoms with Crippen molar-refractivity contribution in [2.45, 2.75) is 44.8 Å². The molecule has 0 saturated carbocycles. The summed E-state index contributed by atoms with van der Waals surface area (Å²) in [7, 11) is -1.68. The Morgan fingerprint density at radius 1 is 1.11 bits per heavy atom. The van der Waals surface area contributed by atoms with E-state index in [1.54, 1.807) is 19.3 Å². The molecule has 5 rings (SSSR count). The van der Waals surface area contributed by atoms with Gasteiger partial charge >= 0.3 is 0 Å². The lowest BCUT2D eigenvalue weighted by Gasteiger charge is -2.32. The summed E-state index contributed by atoms with van der Waals surface area (Å²) < 4.78 is 35.9. The fourth-order valence-corrected chi connectivity index (χ4v) is 5.43. The molecule has 36 heavy (non-hydrogen) atoms. The Hall–Kier alpha value is -3.47. The van der Waals surface area contributed by atoms with Crippen LogP contribution in [-0.2, 0) is 16.3 Å². The molecule has 3 aliphatic rings. The molecule has 11 heteroatoms. The van der Waals surface area contributed by atoms with E-state index < -0.39 is 9.84 Å². The molecule has 2 aromatic heterocycles. The third-order valence-corrected chi connectivity index (χ3v) is 7.87. The standard InChI is InChI=1S/C25H30N6O4S/c1-4-17-14-26-25(27-15-17)30-10-8-19(9-11-30)35-24-22(34-2)23(28-16-29-24)31-12-7-18-13-20(36(3,32)33)5-6-21(18)31/h5,7,12-16,19,21H,4,6,8-11H2,1-3H3. The number of methoxy groups -OCH3 is 1. The zero-order valence-corrected chi connectivity index (χ0v) is 21.5. The molecule has 0 amide bonds. The van der Waals surface area contributed by atoms with Gasteiger partial charge in [0.15, 0.2) is 15.7 Å². The van der Waals surface area contributed by atoms with Crippen LogP contribution in [0.5, 0.6) is 11.6 Å². The van der Waals surface area contributed by atoms with Gasteiger partial charge in [0, 0.05) is 50.8 Å². The minimum Gasteiger partial charge on any atom is -0.489 e. The predicted molar refractivity (Wildman–Crippen MR) is 137 cm³/mol. The summed E-state index contributed by atoms with van der Waals surface area (Å²) in [5.74, 6) is 2.20. The number of sulfone groups is 1. The molecule has 0 spiro atoms. The second kappa shape index (κ2) is 9.88. The molecule has 1 saturated heterocycles. The van der Waals surface area contributed by atoms with Crippen LogP contribution < -0.4 is 19.3 Å². The topological polar surface area (TPSA) is 111 Å². The molecule has 4 heterocycles. The lowest BCUT2D eigenvalue weighted by Crippen LogP contribution is -2.39. The van der Waals surface area contributed by atoms with Gasteiger partial charge in [-0.15, -0.1) is 0 Å². The lowest BCUT2D eigenvalue weighted by atomic mass is 10.0. The number of hydrogen-bond acceptors (Lipinski definition) is 10. The smallest absolute Gasteiger partial charge is 0.262 e. The van der Waals surface area contributed by atoms with Gasteiger partial charge in [-0.25, -0.2) is 23.4 Å². The van der Waals surface area contributed by atoms with Crippen molar-refractivity contribution in [1.29, 1.82) is 0 Å². The first-order valence-electron chi connectivity index (χ1n) is 12.1. The first-order chi connectivity index (χ1) is 17.4. The molecule has 0 aromatic carbocycles. The van der Waals surface area contributed by atoms with Crippen LogP contribution in [0.15, 0.2) is 53.6 Å². The Kier molecular flexibility index (Phi) is 6.65. The number of hydrogen-bond donors (Lipinski definition) is 0. The molecular weight excluding hydrogens is 480 g/mol. The van der Waals surface area contributed by atoms with Crippen molar-refractivity contribution in [2.75, 3.05) is 36.3 Å². The van der Waals surface area contributed by atoms with E-state index in [9.17, 15) is 8.42 Å². The van der Waals surface area contributed by atoms with Gasteiger partial charge in [-0.3, -0.25) is 0 Å². The number of aromatic nitrogens is 4. The van der Waals surface area contributed by atoms with Gasteiger partial charge in [0.2, 0.25) is 11.7 Å². The van der Waals surface area contributed by atoms with Crippen LogP contribution in [0.2, 0.25) is 0 Å². The summed E-state index contributed by atoms with van der Waals surface area (Å²) in [6.45, 7) is 3.66. The maximum Gasteiger partial charge on any atom is 0.262 e. The summed E-state index contributed by atoms with van der Waals surface area (Å²) in [5.41, 5.74) is 2.04. The van der Waals surface area contributed by atoms with Crippen molar-refractivity contribution in [2.24, 2.45) is 0 Å². The number of fused-ring (bicyclic) bond motifs is 1. The highest BCUT2D eigenvalue weighted by Crippen LogP contribution is 2.41. The fourth-order valence-electron chi connectivity index (χ4n) is 4.68. The monoisotopic (exact) mass is 510 g/mol. The highest BCUT2D eigenvalue weighted by molar-refractivity contribution is 7.94. The van der Waals surface area contributed by atoms with E-state index in [1.165, 1.54) is 12.6 Å². The van der Waals surface area contributed by atoms with Crippen LogP contribution >= 0.6 is 0 Å². The molecule has 0 radical (unpaired) electrons. The van der Waals surface area contributed by atoms with Gasteiger partial charge in [0.25, 0.3) is 5.88 Å². The zero-order chi connectivity index (χ0) is 25.3. The molecule has 2 aliphatic heterocycles. The largest absolute Gasteiger partial charge is 0.489 e. The van der Waals surface area contributed by atoms with E-state index in [0.717, 1.165) is 49.4 Å². The first kappa shape index (κ1) is 24.2. The molecule has 10 nitrogen and oxygen atoms in total. The van der Waals surface area contributed by atoms with Crippen LogP contribution in [0.25, 0.3) is 0 Å². The molecule has 1 aliphatic carbocycles. The molecule has 1 atom stereocenters. The molecular formula is C25H30N6O4S. The van der Waals surface area contributed by atoms with Gasteiger partial charge in [-0.1, -0.05) is 13.0 Å². The number of piperidine rings is 1. The average molecular weight is 511 g/mol. The Morgan fingerprint density at radius 2 is 1.86 bits per heavy atom. The lowest BCUT2D eigenvalue weighted by molar-refractivity contribution is 0.156. The summed E-state index contributed by atoms with van der Waals surface area (Å²) in [6.07, 6.45) is 16.8. The fraction of sp³-hybridized carbons (Fsp3) is 0.440. The van der Waals surface area contributed by atoms with E-state index in [-0.39, 0.29) is 12.1 Å². The molecule has 0 N–H and O–H groups in total. The van der Waals surface area contributed by atoms with Gasteiger partial charge in [-0.05, 0) is 36.1 Å². The number of nitrogens with zero attached hydrogens (tertiary/aromatic N) is 6. The number of anilines is 2. The predicted octanol–water partition coefficient (Wildman–Crippen LogP) is 2.85. The zero-order valence-electron chi connectivity index (χ0n) is 20.7. The van der Waals surface area contributed by atoms with Gasteiger partial charge in [0.05, 0.1) is 18.1 Å². The average Bonchev–Trinajstić information content (AvgIpc) is 3.32. The summed E-state index contributed by atoms with van der Waals surface area (Å²) in [4.78, 5) is 22.3. The van der Waals surface area contributed by atoms with Crippen LogP contribution in [0, 0.1) is 0 Å². The number of allylic oxidation sites excluding steroid dienone is 1. The number of aryl methyl sites for hydroxylation is 1. The maximum absolute atomic E-state index is 12.0. The Bertz CT molecular complexity index is 1310. The Morgan fingerprint density at radius 3 is 2.53 bits per heavy atom. The SMILES string of the molecule is CCc1cnc(N2CCC(Oc3ncnc(N4C=CC5=CC(S(C)(=O)=O)=CCC54)c3OC)CC2)nc1. The molecule has 1 fully saturated rings. The highest BCUT2D eigenvalue weighted by Gasteiger charge is 2.33. The normalized spacial score (nSPS) is 20.1.